The van der Waals surface area contributed by atoms with Crippen molar-refractivity contribution in [3.05, 3.63) is 0 Å². The van der Waals surface area contributed by atoms with E-state index in [0.717, 1.165) is 25.7 Å². The smallest absolute Gasteiger partial charge is 0.211 e. The Morgan fingerprint density at radius 3 is 1.57 bits per heavy atom. The Bertz CT molecular complexity index is 373. The molecule has 0 N–H and O–H groups in total. The molecule has 0 radical (unpaired) electrons. The van der Waals surface area contributed by atoms with Crippen molar-refractivity contribution in [2.24, 2.45) is 21.8 Å². The van der Waals surface area contributed by atoms with Crippen LogP contribution in [0.5, 0.6) is 0 Å². The van der Waals surface area contributed by atoms with Crippen molar-refractivity contribution in [3.8, 4) is 0 Å². The fourth-order valence-electron chi connectivity index (χ4n) is 4.15. The van der Waals surface area contributed by atoms with Crippen LogP contribution < -0.4 is 0 Å². The van der Waals surface area contributed by atoms with E-state index >= 15 is 0 Å². The highest BCUT2D eigenvalue weighted by Gasteiger charge is 2.26. The van der Waals surface area contributed by atoms with Crippen LogP contribution in [0.2, 0.25) is 0 Å². The summed E-state index contributed by atoms with van der Waals surface area (Å²) in [6, 6.07) is 0.370. The second-order valence-electron chi connectivity index (χ2n) is 6.76. The molecular formula is C17H26N2O2. The van der Waals surface area contributed by atoms with Gasteiger partial charge in [-0.05, 0) is 43.9 Å². The zero-order valence-corrected chi connectivity index (χ0v) is 12.8. The number of hydrogen-bond donors (Lipinski definition) is 0. The summed E-state index contributed by atoms with van der Waals surface area (Å²) in [5.74, 6) is 1.33. The van der Waals surface area contributed by atoms with Crippen molar-refractivity contribution < 1.29 is 9.59 Å². The summed E-state index contributed by atoms with van der Waals surface area (Å²) in [5.41, 5.74) is 0. The van der Waals surface area contributed by atoms with E-state index in [1.807, 2.05) is 0 Å². The zero-order chi connectivity index (χ0) is 14.9. The molecule has 0 amide bonds. The van der Waals surface area contributed by atoms with Gasteiger partial charge in [0, 0.05) is 0 Å². The first-order valence-electron chi connectivity index (χ1n) is 8.45. The zero-order valence-electron chi connectivity index (χ0n) is 12.8. The lowest BCUT2D eigenvalue weighted by Crippen LogP contribution is -2.16. The summed E-state index contributed by atoms with van der Waals surface area (Å²) in [6.07, 6.45) is 16.2. The normalized spacial score (nSPS) is 33.9. The SMILES string of the molecule is O=C=NC1CCCCC(CC2CCCCC(N=C=O)C2)C1. The molecule has 2 saturated carbocycles. The maximum atomic E-state index is 10.5. The molecule has 0 saturated heterocycles. The molecule has 0 aromatic heterocycles. The summed E-state index contributed by atoms with van der Waals surface area (Å²) in [5, 5.41) is 0. The molecule has 4 heteroatoms. The average Bonchev–Trinajstić information content (AvgIpc) is 2.81. The minimum Gasteiger partial charge on any atom is -0.211 e. The van der Waals surface area contributed by atoms with Crippen LogP contribution in [-0.4, -0.2) is 24.2 Å². The third-order valence-corrected chi connectivity index (χ3v) is 5.15. The van der Waals surface area contributed by atoms with Gasteiger partial charge >= 0.3 is 0 Å². The van der Waals surface area contributed by atoms with Crippen LogP contribution in [0, 0.1) is 11.8 Å². The molecule has 2 fully saturated rings. The Balaban J connectivity index is 1.91. The predicted molar refractivity (Wildman–Crippen MR) is 81.6 cm³/mol. The highest BCUT2D eigenvalue weighted by Crippen LogP contribution is 2.35. The summed E-state index contributed by atoms with van der Waals surface area (Å²) in [6.45, 7) is 0. The summed E-state index contributed by atoms with van der Waals surface area (Å²) in [7, 11) is 0. The summed E-state index contributed by atoms with van der Waals surface area (Å²) < 4.78 is 0. The molecule has 2 aliphatic carbocycles. The highest BCUT2D eigenvalue weighted by atomic mass is 16.1. The Morgan fingerprint density at radius 2 is 1.14 bits per heavy atom. The van der Waals surface area contributed by atoms with Crippen molar-refractivity contribution in [3.63, 3.8) is 0 Å². The van der Waals surface area contributed by atoms with Gasteiger partial charge < -0.3 is 0 Å². The monoisotopic (exact) mass is 290 g/mol. The fourth-order valence-corrected chi connectivity index (χ4v) is 4.15. The van der Waals surface area contributed by atoms with E-state index in [1.54, 1.807) is 12.2 Å². The van der Waals surface area contributed by atoms with Crippen LogP contribution in [0.1, 0.15) is 70.6 Å². The van der Waals surface area contributed by atoms with Crippen molar-refractivity contribution in [1.82, 2.24) is 0 Å². The summed E-state index contributed by atoms with van der Waals surface area (Å²) >= 11 is 0. The molecule has 0 aromatic rings. The molecular weight excluding hydrogens is 264 g/mol. The molecule has 2 aliphatic rings. The van der Waals surface area contributed by atoms with Crippen molar-refractivity contribution >= 4 is 12.2 Å². The molecule has 0 aromatic carbocycles. The Kier molecular flexibility index (Phi) is 6.85. The van der Waals surface area contributed by atoms with Crippen molar-refractivity contribution in [1.29, 1.82) is 0 Å². The van der Waals surface area contributed by atoms with E-state index in [2.05, 4.69) is 9.98 Å². The van der Waals surface area contributed by atoms with Crippen molar-refractivity contribution in [2.75, 3.05) is 0 Å². The van der Waals surface area contributed by atoms with E-state index in [9.17, 15) is 9.59 Å². The van der Waals surface area contributed by atoms with E-state index in [-0.39, 0.29) is 12.1 Å². The average molecular weight is 290 g/mol. The lowest BCUT2D eigenvalue weighted by atomic mass is 9.84. The molecule has 116 valence electrons. The lowest BCUT2D eigenvalue weighted by Gasteiger charge is -2.23. The van der Waals surface area contributed by atoms with Crippen molar-refractivity contribution in [2.45, 2.75) is 82.7 Å². The molecule has 0 heterocycles. The van der Waals surface area contributed by atoms with Gasteiger partial charge in [-0.3, -0.25) is 0 Å². The minimum absolute atomic E-state index is 0.185. The van der Waals surface area contributed by atoms with Gasteiger partial charge in [0.1, 0.15) is 0 Å². The first kappa shape index (κ1) is 16.1. The molecule has 0 bridgehead atoms. The van der Waals surface area contributed by atoms with Crippen LogP contribution in [0.3, 0.4) is 0 Å². The molecule has 21 heavy (non-hydrogen) atoms. The third kappa shape index (κ3) is 5.57. The van der Waals surface area contributed by atoms with Gasteiger partial charge in [-0.15, -0.1) is 0 Å². The van der Waals surface area contributed by atoms with Gasteiger partial charge in [0.15, 0.2) is 0 Å². The maximum Gasteiger partial charge on any atom is 0.235 e. The van der Waals surface area contributed by atoms with Crippen LogP contribution in [0.15, 0.2) is 9.98 Å². The van der Waals surface area contributed by atoms with Gasteiger partial charge in [0.25, 0.3) is 0 Å². The fraction of sp³-hybridized carbons (Fsp3) is 0.882. The first-order chi connectivity index (χ1) is 10.3. The standard InChI is InChI=1S/C17H26N2O2/c20-12-18-16-7-3-1-5-14(10-16)9-15-6-2-4-8-17(11-15)19-13-21/h14-17H,1-11H2. The maximum absolute atomic E-state index is 10.5. The predicted octanol–water partition coefficient (Wildman–Crippen LogP) is 3.95. The Hall–Kier alpha value is -1.24. The second-order valence-corrected chi connectivity index (χ2v) is 6.76. The van der Waals surface area contributed by atoms with Gasteiger partial charge in [-0.1, -0.05) is 38.5 Å². The second kappa shape index (κ2) is 8.92. The van der Waals surface area contributed by atoms with Gasteiger partial charge in [-0.25, -0.2) is 19.6 Å². The number of isocyanates is 2. The van der Waals surface area contributed by atoms with E-state index in [1.165, 1.54) is 44.9 Å². The van der Waals surface area contributed by atoms with E-state index in [4.69, 9.17) is 0 Å². The highest BCUT2D eigenvalue weighted by molar-refractivity contribution is 5.33. The number of rotatable bonds is 4. The lowest BCUT2D eigenvalue weighted by molar-refractivity contribution is 0.299. The Morgan fingerprint density at radius 1 is 0.714 bits per heavy atom. The molecule has 0 aliphatic heterocycles. The van der Waals surface area contributed by atoms with Gasteiger partial charge in [-0.2, -0.15) is 0 Å². The number of nitrogens with zero attached hydrogens (tertiary/aromatic N) is 2. The molecule has 4 nitrogen and oxygen atoms in total. The molecule has 2 rings (SSSR count). The largest absolute Gasteiger partial charge is 0.235 e. The van der Waals surface area contributed by atoms with Gasteiger partial charge in [0.05, 0.1) is 12.1 Å². The topological polar surface area (TPSA) is 58.9 Å². The van der Waals surface area contributed by atoms with Crippen LogP contribution in [-0.2, 0) is 9.59 Å². The van der Waals surface area contributed by atoms with E-state index < -0.39 is 0 Å². The van der Waals surface area contributed by atoms with Crippen LogP contribution in [0.4, 0.5) is 0 Å². The van der Waals surface area contributed by atoms with Crippen LogP contribution in [0.25, 0.3) is 0 Å². The minimum atomic E-state index is 0.185. The molecule has 4 atom stereocenters. The third-order valence-electron chi connectivity index (χ3n) is 5.15. The molecule has 4 unspecified atom stereocenters. The Labute approximate surface area is 127 Å². The van der Waals surface area contributed by atoms with Gasteiger partial charge in [0.2, 0.25) is 12.2 Å². The number of aliphatic imine (C=N–C) groups is 2. The number of hydrogen-bond acceptors (Lipinski definition) is 4. The van der Waals surface area contributed by atoms with E-state index in [0.29, 0.717) is 11.8 Å². The molecule has 0 spiro atoms. The summed E-state index contributed by atoms with van der Waals surface area (Å²) in [4.78, 5) is 29.0. The van der Waals surface area contributed by atoms with Crippen LogP contribution >= 0.6 is 0 Å². The first-order valence-corrected chi connectivity index (χ1v) is 8.45. The number of carbonyl (C=O) groups excluding carboxylic acids is 2. The quantitative estimate of drug-likeness (QED) is 0.447.